The van der Waals surface area contributed by atoms with Gasteiger partial charge in [-0.1, -0.05) is 12.8 Å². The third-order valence-corrected chi connectivity index (χ3v) is 3.38. The van der Waals surface area contributed by atoms with Crippen molar-refractivity contribution < 1.29 is 24.9 Å². The normalized spacial score (nSPS) is 27.9. The van der Waals surface area contributed by atoms with Gasteiger partial charge in [-0.15, -0.1) is 0 Å². The Labute approximate surface area is 107 Å². The first-order valence-electron chi connectivity index (χ1n) is 6.30. The lowest BCUT2D eigenvalue weighted by molar-refractivity contribution is -0.180. The van der Waals surface area contributed by atoms with Crippen LogP contribution in [0, 0.1) is 0 Å². The van der Waals surface area contributed by atoms with Gasteiger partial charge in [-0.2, -0.15) is 0 Å². The van der Waals surface area contributed by atoms with Crippen LogP contribution in [-0.2, 0) is 9.53 Å². The second-order valence-corrected chi connectivity index (χ2v) is 5.19. The van der Waals surface area contributed by atoms with Gasteiger partial charge in [0, 0.05) is 12.5 Å². The highest BCUT2D eigenvalue weighted by atomic mass is 16.7. The number of hydrogen-bond acceptors (Lipinski definition) is 5. The summed E-state index contributed by atoms with van der Waals surface area (Å²) in [6.45, 7) is 3.16. The molecule has 5 heteroatoms. The summed E-state index contributed by atoms with van der Waals surface area (Å²) in [6, 6.07) is 0. The fourth-order valence-electron chi connectivity index (χ4n) is 1.82. The minimum atomic E-state index is -1.45. The SMILES string of the molecule is CC(O)C(C)(O)CCCCCC1(O)C=CC(=O)O1. The molecular formula is C13H22O5. The predicted molar refractivity (Wildman–Crippen MR) is 65.6 cm³/mol. The first-order chi connectivity index (χ1) is 8.25. The summed E-state index contributed by atoms with van der Waals surface area (Å²) in [4.78, 5) is 10.8. The molecule has 5 nitrogen and oxygen atoms in total. The number of unbranched alkanes of at least 4 members (excludes halogenated alkanes) is 2. The van der Waals surface area contributed by atoms with E-state index in [9.17, 15) is 20.1 Å². The molecular weight excluding hydrogens is 236 g/mol. The Morgan fingerprint density at radius 1 is 1.44 bits per heavy atom. The maximum atomic E-state index is 10.8. The fourth-order valence-corrected chi connectivity index (χ4v) is 1.82. The van der Waals surface area contributed by atoms with E-state index in [0.29, 0.717) is 19.3 Å². The van der Waals surface area contributed by atoms with Crippen molar-refractivity contribution in [1.29, 1.82) is 0 Å². The third-order valence-electron chi connectivity index (χ3n) is 3.38. The Balaban J connectivity index is 2.17. The van der Waals surface area contributed by atoms with Crippen molar-refractivity contribution in [2.24, 2.45) is 0 Å². The Morgan fingerprint density at radius 2 is 2.11 bits per heavy atom. The summed E-state index contributed by atoms with van der Waals surface area (Å²) in [5.41, 5.74) is -1.07. The number of rotatable bonds is 7. The van der Waals surface area contributed by atoms with Crippen LogP contribution in [-0.4, -0.2) is 38.8 Å². The monoisotopic (exact) mass is 258 g/mol. The van der Waals surface area contributed by atoms with Crippen LogP contribution in [0.5, 0.6) is 0 Å². The van der Waals surface area contributed by atoms with Crippen LogP contribution in [0.3, 0.4) is 0 Å². The molecule has 0 aliphatic carbocycles. The van der Waals surface area contributed by atoms with E-state index in [2.05, 4.69) is 0 Å². The molecule has 0 saturated heterocycles. The Morgan fingerprint density at radius 3 is 2.61 bits per heavy atom. The number of carbonyl (C=O) groups is 1. The van der Waals surface area contributed by atoms with E-state index in [4.69, 9.17) is 4.74 Å². The Hall–Kier alpha value is -0.910. The lowest BCUT2D eigenvalue weighted by Crippen LogP contribution is -2.36. The van der Waals surface area contributed by atoms with E-state index in [-0.39, 0.29) is 0 Å². The first-order valence-corrected chi connectivity index (χ1v) is 6.30. The largest absolute Gasteiger partial charge is 0.426 e. The molecule has 0 aromatic heterocycles. The standard InChI is InChI=1S/C13H22O5/c1-10(14)12(2,16)7-4-3-5-8-13(17)9-6-11(15)18-13/h6,9-10,14,16-17H,3-5,7-8H2,1-2H3. The number of hydrogen-bond donors (Lipinski definition) is 3. The van der Waals surface area contributed by atoms with Crippen LogP contribution in [0.2, 0.25) is 0 Å². The second kappa shape index (κ2) is 5.82. The molecule has 104 valence electrons. The molecule has 1 aliphatic rings. The highest BCUT2D eigenvalue weighted by molar-refractivity contribution is 5.84. The van der Waals surface area contributed by atoms with Crippen molar-refractivity contribution in [2.45, 2.75) is 63.4 Å². The molecule has 1 rings (SSSR count). The van der Waals surface area contributed by atoms with E-state index in [1.165, 1.54) is 12.2 Å². The summed E-state index contributed by atoms with van der Waals surface area (Å²) < 4.78 is 4.75. The van der Waals surface area contributed by atoms with Crippen LogP contribution in [0.25, 0.3) is 0 Å². The van der Waals surface area contributed by atoms with Crippen molar-refractivity contribution in [3.8, 4) is 0 Å². The van der Waals surface area contributed by atoms with Gasteiger partial charge in [0.25, 0.3) is 0 Å². The molecule has 0 saturated carbocycles. The molecule has 0 bridgehead atoms. The molecule has 3 atom stereocenters. The molecule has 0 aromatic rings. The quantitative estimate of drug-likeness (QED) is 0.466. The molecule has 18 heavy (non-hydrogen) atoms. The number of ether oxygens (including phenoxy) is 1. The van der Waals surface area contributed by atoms with Gasteiger partial charge >= 0.3 is 5.97 Å². The zero-order valence-electron chi connectivity index (χ0n) is 10.9. The zero-order chi connectivity index (χ0) is 13.8. The van der Waals surface area contributed by atoms with Crippen molar-refractivity contribution in [3.63, 3.8) is 0 Å². The van der Waals surface area contributed by atoms with Gasteiger partial charge in [0.2, 0.25) is 5.79 Å². The second-order valence-electron chi connectivity index (χ2n) is 5.19. The molecule has 0 amide bonds. The van der Waals surface area contributed by atoms with Gasteiger partial charge in [-0.3, -0.25) is 0 Å². The van der Waals surface area contributed by atoms with E-state index in [0.717, 1.165) is 12.8 Å². The summed E-state index contributed by atoms with van der Waals surface area (Å²) in [7, 11) is 0. The predicted octanol–water partition coefficient (Wildman–Crippen LogP) is 0.870. The van der Waals surface area contributed by atoms with Gasteiger partial charge in [-0.05, 0) is 32.8 Å². The van der Waals surface area contributed by atoms with Gasteiger partial charge in [-0.25, -0.2) is 4.79 Å². The summed E-state index contributed by atoms with van der Waals surface area (Å²) in [6.07, 6.45) is 4.89. The lowest BCUT2D eigenvalue weighted by Gasteiger charge is -2.26. The average molecular weight is 258 g/mol. The number of carbonyl (C=O) groups excluding carboxylic acids is 1. The van der Waals surface area contributed by atoms with Gasteiger partial charge in [0.1, 0.15) is 0 Å². The van der Waals surface area contributed by atoms with Crippen molar-refractivity contribution >= 4 is 5.97 Å². The molecule has 1 heterocycles. The molecule has 3 N–H and O–H groups in total. The van der Waals surface area contributed by atoms with Crippen LogP contribution in [0.15, 0.2) is 12.2 Å². The van der Waals surface area contributed by atoms with Crippen LogP contribution >= 0.6 is 0 Å². The van der Waals surface area contributed by atoms with Gasteiger partial charge < -0.3 is 20.1 Å². The fraction of sp³-hybridized carbons (Fsp3) is 0.769. The zero-order valence-corrected chi connectivity index (χ0v) is 10.9. The molecule has 3 unspecified atom stereocenters. The average Bonchev–Trinajstić information content (AvgIpc) is 2.58. The minimum absolute atomic E-state index is 0.353. The van der Waals surface area contributed by atoms with E-state index < -0.39 is 23.5 Å². The molecule has 1 aliphatic heterocycles. The highest BCUT2D eigenvalue weighted by Gasteiger charge is 2.32. The van der Waals surface area contributed by atoms with E-state index in [1.807, 2.05) is 0 Å². The maximum Gasteiger partial charge on any atom is 0.333 e. The summed E-state index contributed by atoms with van der Waals surface area (Å²) in [5, 5.41) is 28.9. The molecule has 0 fully saturated rings. The lowest BCUT2D eigenvalue weighted by atomic mass is 9.93. The Bertz CT molecular complexity index is 321. The molecule has 0 spiro atoms. The summed E-state index contributed by atoms with van der Waals surface area (Å²) >= 11 is 0. The first kappa shape index (κ1) is 15.1. The smallest absolute Gasteiger partial charge is 0.333 e. The topological polar surface area (TPSA) is 87.0 Å². The van der Waals surface area contributed by atoms with Gasteiger partial charge in [0.15, 0.2) is 0 Å². The number of esters is 1. The number of aliphatic hydroxyl groups is 3. The summed E-state index contributed by atoms with van der Waals surface area (Å²) in [5.74, 6) is -1.97. The third kappa shape index (κ3) is 4.40. The maximum absolute atomic E-state index is 10.8. The Kier molecular flexibility index (Phi) is 4.90. The van der Waals surface area contributed by atoms with Crippen molar-refractivity contribution in [2.75, 3.05) is 0 Å². The van der Waals surface area contributed by atoms with Crippen LogP contribution in [0.4, 0.5) is 0 Å². The van der Waals surface area contributed by atoms with Crippen LogP contribution < -0.4 is 0 Å². The van der Waals surface area contributed by atoms with Gasteiger partial charge in [0.05, 0.1) is 11.7 Å². The van der Waals surface area contributed by atoms with E-state index >= 15 is 0 Å². The van der Waals surface area contributed by atoms with Crippen LogP contribution in [0.1, 0.15) is 46.0 Å². The highest BCUT2D eigenvalue weighted by Crippen LogP contribution is 2.25. The molecule has 0 aromatic carbocycles. The van der Waals surface area contributed by atoms with E-state index in [1.54, 1.807) is 13.8 Å². The number of aliphatic hydroxyl groups excluding tert-OH is 1. The minimum Gasteiger partial charge on any atom is -0.426 e. The number of cyclic esters (lactones) is 1. The molecule has 0 radical (unpaired) electrons. The van der Waals surface area contributed by atoms with Crippen molar-refractivity contribution in [1.82, 2.24) is 0 Å². The van der Waals surface area contributed by atoms with Crippen molar-refractivity contribution in [3.05, 3.63) is 12.2 Å².